The molecule has 3 heterocycles. The average Bonchev–Trinajstić information content (AvgIpc) is 3.31. The van der Waals surface area contributed by atoms with Gasteiger partial charge in [0, 0.05) is 27.9 Å². The number of aliphatic hydroxyl groups is 1. The van der Waals surface area contributed by atoms with E-state index in [1.54, 1.807) is 12.1 Å². The van der Waals surface area contributed by atoms with Gasteiger partial charge >= 0.3 is 0 Å². The first-order valence-corrected chi connectivity index (χ1v) is 9.76. The number of halogens is 2. The van der Waals surface area contributed by atoms with Crippen molar-refractivity contribution in [3.8, 4) is 0 Å². The van der Waals surface area contributed by atoms with Crippen LogP contribution in [-0.2, 0) is 16.1 Å². The first-order valence-electron chi connectivity index (χ1n) is 8.50. The lowest BCUT2D eigenvalue weighted by molar-refractivity contribution is -0.140. The van der Waals surface area contributed by atoms with E-state index >= 15 is 0 Å². The molecule has 6 nitrogen and oxygen atoms in total. The quantitative estimate of drug-likeness (QED) is 0.385. The van der Waals surface area contributed by atoms with Crippen LogP contribution in [0.15, 0.2) is 59.9 Å². The molecule has 4 rings (SSSR count). The molecule has 1 unspecified atom stereocenters. The van der Waals surface area contributed by atoms with E-state index in [1.807, 2.05) is 5.38 Å². The van der Waals surface area contributed by atoms with Crippen molar-refractivity contribution in [3.63, 3.8) is 0 Å². The molecule has 0 saturated carbocycles. The summed E-state index contributed by atoms with van der Waals surface area (Å²) < 4.78 is 14.8. The third kappa shape index (κ3) is 3.41. The van der Waals surface area contributed by atoms with Gasteiger partial charge in [-0.05, 0) is 23.6 Å². The number of benzene rings is 1. The molecular weight excluding hydrogens is 417 g/mol. The summed E-state index contributed by atoms with van der Waals surface area (Å²) in [4.78, 5) is 35.5. The van der Waals surface area contributed by atoms with E-state index in [0.29, 0.717) is 0 Å². The molecule has 9 heteroatoms. The number of thiophene rings is 1. The molecule has 3 aromatic rings. The Hall–Kier alpha value is -3.10. The summed E-state index contributed by atoms with van der Waals surface area (Å²) in [7, 11) is 0. The van der Waals surface area contributed by atoms with Gasteiger partial charge in [-0.15, -0.1) is 11.3 Å². The van der Waals surface area contributed by atoms with Gasteiger partial charge in [-0.3, -0.25) is 14.6 Å². The molecule has 1 N–H and O–H groups in total. The lowest BCUT2D eigenvalue weighted by atomic mass is 9.96. The maximum atomic E-state index is 14.8. The highest BCUT2D eigenvalue weighted by molar-refractivity contribution is 7.09. The van der Waals surface area contributed by atoms with Crippen molar-refractivity contribution < 1.29 is 19.1 Å². The highest BCUT2D eigenvalue weighted by atomic mass is 35.5. The predicted octanol–water partition coefficient (Wildman–Crippen LogP) is 3.95. The zero-order chi connectivity index (χ0) is 20.5. The Bertz CT molecular complexity index is 1100. The van der Waals surface area contributed by atoms with Gasteiger partial charge in [0.2, 0.25) is 0 Å². The van der Waals surface area contributed by atoms with Gasteiger partial charge in [-0.2, -0.15) is 0 Å². The Kier molecular flexibility index (Phi) is 5.12. The molecule has 0 bridgehead atoms. The summed E-state index contributed by atoms with van der Waals surface area (Å²) in [5, 5.41) is 12.7. The van der Waals surface area contributed by atoms with Gasteiger partial charge < -0.3 is 10.0 Å². The number of ketones is 1. The molecule has 1 atom stereocenters. The molecule has 1 saturated heterocycles. The maximum absolute atomic E-state index is 14.8. The smallest absolute Gasteiger partial charge is 0.295 e. The molecule has 1 aliphatic rings. The lowest BCUT2D eigenvalue weighted by Crippen LogP contribution is -2.29. The molecule has 146 valence electrons. The van der Waals surface area contributed by atoms with Crippen LogP contribution in [0.4, 0.5) is 4.39 Å². The highest BCUT2D eigenvalue weighted by Gasteiger charge is 2.48. The summed E-state index contributed by atoms with van der Waals surface area (Å²) in [5.74, 6) is -3.01. The summed E-state index contributed by atoms with van der Waals surface area (Å²) in [5.41, 5.74) is -0.339. The molecule has 2 aromatic heterocycles. The Morgan fingerprint density at radius 3 is 2.72 bits per heavy atom. The standard InChI is InChI=1S/C20H13ClFN3O3S/c21-12-4-1-5-13(22)15(12)17-16(18(26)14-9-23-6-7-24-14)19(27)20(28)25(17)10-11-3-2-8-29-11/h1-9,17,26H,10H2/b18-16+. The van der Waals surface area contributed by atoms with E-state index < -0.39 is 29.3 Å². The molecule has 1 fully saturated rings. The number of rotatable bonds is 4. The summed E-state index contributed by atoms with van der Waals surface area (Å²) in [6.07, 6.45) is 3.99. The van der Waals surface area contributed by atoms with Crippen molar-refractivity contribution in [2.75, 3.05) is 0 Å². The van der Waals surface area contributed by atoms with E-state index in [1.165, 1.54) is 53.0 Å². The molecule has 1 aromatic carbocycles. The van der Waals surface area contributed by atoms with E-state index in [2.05, 4.69) is 9.97 Å². The first-order chi connectivity index (χ1) is 14.0. The van der Waals surface area contributed by atoms with Crippen LogP contribution >= 0.6 is 22.9 Å². The minimum Gasteiger partial charge on any atom is -0.505 e. The molecule has 0 radical (unpaired) electrons. The number of hydrogen-bond donors (Lipinski definition) is 1. The van der Waals surface area contributed by atoms with Crippen LogP contribution in [0.1, 0.15) is 22.2 Å². The zero-order valence-electron chi connectivity index (χ0n) is 14.8. The second-order valence-electron chi connectivity index (χ2n) is 6.23. The van der Waals surface area contributed by atoms with E-state index in [9.17, 15) is 19.1 Å². The molecule has 1 aliphatic heterocycles. The Labute approximate surface area is 173 Å². The molecule has 0 spiro atoms. The van der Waals surface area contributed by atoms with Crippen LogP contribution in [0.25, 0.3) is 5.76 Å². The third-order valence-corrected chi connectivity index (χ3v) is 5.72. The maximum Gasteiger partial charge on any atom is 0.295 e. The molecule has 1 amide bonds. The van der Waals surface area contributed by atoms with E-state index in [4.69, 9.17) is 11.6 Å². The summed E-state index contributed by atoms with van der Waals surface area (Å²) in [6.45, 7) is 0.0643. The van der Waals surface area contributed by atoms with Crippen molar-refractivity contribution >= 4 is 40.4 Å². The topological polar surface area (TPSA) is 83.4 Å². The fraction of sp³-hybridized carbons (Fsp3) is 0.100. The third-order valence-electron chi connectivity index (χ3n) is 4.53. The van der Waals surface area contributed by atoms with Crippen LogP contribution in [0.3, 0.4) is 0 Å². The van der Waals surface area contributed by atoms with Crippen molar-refractivity contribution in [2.24, 2.45) is 0 Å². The number of Topliss-reactive ketones (excluding diaryl/α,β-unsaturated/α-hetero) is 1. The number of amides is 1. The Morgan fingerprint density at radius 2 is 2.07 bits per heavy atom. The van der Waals surface area contributed by atoms with E-state index in [0.717, 1.165) is 4.88 Å². The van der Waals surface area contributed by atoms with Crippen molar-refractivity contribution in [1.82, 2.24) is 14.9 Å². The van der Waals surface area contributed by atoms with Crippen molar-refractivity contribution in [3.05, 3.63) is 86.8 Å². The fourth-order valence-electron chi connectivity index (χ4n) is 3.24. The van der Waals surface area contributed by atoms with Crippen molar-refractivity contribution in [1.29, 1.82) is 0 Å². The SMILES string of the molecule is O=C1C(=O)N(Cc2cccs2)C(c2c(F)cccc2Cl)/C1=C(\O)c1cnccn1. The minimum atomic E-state index is -1.20. The van der Waals surface area contributed by atoms with Crippen LogP contribution in [0, 0.1) is 5.82 Å². The average molecular weight is 430 g/mol. The number of carbonyl (C=O) groups excluding carboxylic acids is 2. The number of aromatic nitrogens is 2. The van der Waals surface area contributed by atoms with Gasteiger partial charge in [0.25, 0.3) is 11.7 Å². The number of likely N-dealkylation sites (tertiary alicyclic amines) is 1. The summed E-state index contributed by atoms with van der Waals surface area (Å²) >= 11 is 7.64. The van der Waals surface area contributed by atoms with Crippen LogP contribution < -0.4 is 0 Å². The van der Waals surface area contributed by atoms with Crippen LogP contribution in [-0.4, -0.2) is 31.7 Å². The van der Waals surface area contributed by atoms with Gasteiger partial charge in [-0.1, -0.05) is 23.7 Å². The Morgan fingerprint density at radius 1 is 1.24 bits per heavy atom. The number of aliphatic hydroxyl groups excluding tert-OH is 1. The molecular formula is C20H13ClFN3O3S. The largest absolute Gasteiger partial charge is 0.505 e. The molecule has 0 aliphatic carbocycles. The Balaban J connectivity index is 1.94. The second kappa shape index (κ2) is 7.73. The number of carbonyl (C=O) groups is 2. The lowest BCUT2D eigenvalue weighted by Gasteiger charge is -2.25. The van der Waals surface area contributed by atoms with Gasteiger partial charge in [0.15, 0.2) is 5.76 Å². The number of hydrogen-bond acceptors (Lipinski definition) is 6. The van der Waals surface area contributed by atoms with Gasteiger partial charge in [-0.25, -0.2) is 9.37 Å². The van der Waals surface area contributed by atoms with Gasteiger partial charge in [0.1, 0.15) is 11.5 Å². The van der Waals surface area contributed by atoms with E-state index in [-0.39, 0.29) is 28.4 Å². The zero-order valence-corrected chi connectivity index (χ0v) is 16.3. The number of nitrogens with zero attached hydrogens (tertiary/aromatic N) is 3. The van der Waals surface area contributed by atoms with Crippen LogP contribution in [0.2, 0.25) is 5.02 Å². The monoisotopic (exact) mass is 429 g/mol. The van der Waals surface area contributed by atoms with Gasteiger partial charge in [0.05, 0.1) is 24.4 Å². The minimum absolute atomic E-state index is 0.000847. The normalized spacial score (nSPS) is 18.4. The van der Waals surface area contributed by atoms with Crippen LogP contribution in [0.5, 0.6) is 0 Å². The second-order valence-corrected chi connectivity index (χ2v) is 7.67. The molecule has 29 heavy (non-hydrogen) atoms. The first kappa shape index (κ1) is 19.2. The fourth-order valence-corrected chi connectivity index (χ4v) is 4.21. The summed E-state index contributed by atoms with van der Waals surface area (Å²) in [6, 6.07) is 6.48. The van der Waals surface area contributed by atoms with Crippen molar-refractivity contribution in [2.45, 2.75) is 12.6 Å². The highest BCUT2D eigenvalue weighted by Crippen LogP contribution is 2.43. The predicted molar refractivity (Wildman–Crippen MR) is 106 cm³/mol.